The van der Waals surface area contributed by atoms with Crippen LogP contribution in [0.3, 0.4) is 0 Å². The summed E-state index contributed by atoms with van der Waals surface area (Å²) >= 11 is 0. The molecule has 0 aliphatic rings. The molecule has 1 aromatic rings. The van der Waals surface area contributed by atoms with Crippen molar-refractivity contribution in [1.82, 2.24) is 5.32 Å². The molecule has 0 spiro atoms. The SMILES string of the molecule is CC(C)NC(=O)CCS(=O)C(C(=O)O)c1ccccc1. The number of aliphatic carboxylic acids is 1. The van der Waals surface area contributed by atoms with Crippen LogP contribution in [-0.4, -0.2) is 33.0 Å². The second-order valence-electron chi connectivity index (χ2n) is 4.69. The van der Waals surface area contributed by atoms with Crippen molar-refractivity contribution < 1.29 is 18.9 Å². The third-order valence-electron chi connectivity index (χ3n) is 2.57. The van der Waals surface area contributed by atoms with Gasteiger partial charge >= 0.3 is 5.97 Å². The van der Waals surface area contributed by atoms with Gasteiger partial charge in [-0.05, 0) is 19.4 Å². The highest BCUT2D eigenvalue weighted by Crippen LogP contribution is 2.20. The molecule has 6 heteroatoms. The number of carbonyl (C=O) groups is 2. The molecule has 0 bridgehead atoms. The van der Waals surface area contributed by atoms with E-state index in [1.54, 1.807) is 30.3 Å². The largest absolute Gasteiger partial charge is 0.480 e. The second-order valence-corrected chi connectivity index (χ2v) is 6.33. The highest BCUT2D eigenvalue weighted by atomic mass is 32.2. The lowest BCUT2D eigenvalue weighted by Crippen LogP contribution is -2.31. The van der Waals surface area contributed by atoms with E-state index in [-0.39, 0.29) is 24.1 Å². The fourth-order valence-electron chi connectivity index (χ4n) is 1.74. The van der Waals surface area contributed by atoms with Crippen LogP contribution in [0.5, 0.6) is 0 Å². The van der Waals surface area contributed by atoms with Crippen molar-refractivity contribution >= 4 is 22.7 Å². The van der Waals surface area contributed by atoms with E-state index in [0.29, 0.717) is 5.56 Å². The number of nitrogens with one attached hydrogen (secondary N) is 1. The Hall–Kier alpha value is -1.69. The van der Waals surface area contributed by atoms with Crippen LogP contribution in [0.15, 0.2) is 30.3 Å². The van der Waals surface area contributed by atoms with Gasteiger partial charge in [-0.2, -0.15) is 0 Å². The van der Waals surface area contributed by atoms with Gasteiger partial charge in [0.05, 0.1) is 0 Å². The summed E-state index contributed by atoms with van der Waals surface area (Å²) < 4.78 is 12.1. The zero-order valence-electron chi connectivity index (χ0n) is 11.5. The molecule has 0 fully saturated rings. The predicted molar refractivity (Wildman–Crippen MR) is 77.7 cm³/mol. The Bertz CT molecular complexity index is 487. The fourth-order valence-corrected chi connectivity index (χ4v) is 3.05. The van der Waals surface area contributed by atoms with E-state index in [1.165, 1.54) is 0 Å². The summed E-state index contributed by atoms with van der Waals surface area (Å²) in [5, 5.41) is 10.8. The topological polar surface area (TPSA) is 83.5 Å². The van der Waals surface area contributed by atoms with Crippen LogP contribution < -0.4 is 5.32 Å². The van der Waals surface area contributed by atoms with E-state index in [4.69, 9.17) is 0 Å². The summed E-state index contributed by atoms with van der Waals surface area (Å²) in [6.07, 6.45) is 0.0569. The van der Waals surface area contributed by atoms with Crippen LogP contribution >= 0.6 is 0 Å². The van der Waals surface area contributed by atoms with Gasteiger partial charge in [0.2, 0.25) is 5.91 Å². The van der Waals surface area contributed by atoms with Crippen LogP contribution in [0.1, 0.15) is 31.1 Å². The lowest BCUT2D eigenvalue weighted by atomic mass is 10.1. The van der Waals surface area contributed by atoms with Crippen molar-refractivity contribution in [2.45, 2.75) is 31.6 Å². The molecule has 2 atom stereocenters. The zero-order chi connectivity index (χ0) is 15.1. The van der Waals surface area contributed by atoms with Gasteiger partial charge in [0.1, 0.15) is 0 Å². The maximum absolute atomic E-state index is 12.1. The lowest BCUT2D eigenvalue weighted by Gasteiger charge is -2.13. The van der Waals surface area contributed by atoms with Crippen LogP contribution in [-0.2, 0) is 20.4 Å². The minimum atomic E-state index is -1.63. The van der Waals surface area contributed by atoms with Gasteiger partial charge in [-0.25, -0.2) is 0 Å². The molecule has 2 unspecified atom stereocenters. The van der Waals surface area contributed by atoms with Crippen LogP contribution in [0.25, 0.3) is 0 Å². The van der Waals surface area contributed by atoms with E-state index < -0.39 is 22.0 Å². The summed E-state index contributed by atoms with van der Waals surface area (Å²) in [6, 6.07) is 8.44. The number of carboxylic acids is 1. The maximum atomic E-state index is 12.1. The van der Waals surface area contributed by atoms with Crippen molar-refractivity contribution in [2.24, 2.45) is 0 Å². The molecule has 1 rings (SSSR count). The number of benzene rings is 1. The molecule has 1 amide bonds. The van der Waals surface area contributed by atoms with E-state index in [2.05, 4.69) is 5.32 Å². The Morgan fingerprint density at radius 2 is 1.85 bits per heavy atom. The quantitative estimate of drug-likeness (QED) is 0.798. The van der Waals surface area contributed by atoms with Crippen LogP contribution in [0.4, 0.5) is 0 Å². The summed E-state index contributed by atoms with van der Waals surface area (Å²) in [7, 11) is -1.63. The van der Waals surface area contributed by atoms with Crippen molar-refractivity contribution in [2.75, 3.05) is 5.75 Å². The molecule has 1 aromatic carbocycles. The van der Waals surface area contributed by atoms with E-state index >= 15 is 0 Å². The highest BCUT2D eigenvalue weighted by molar-refractivity contribution is 7.86. The van der Waals surface area contributed by atoms with Crippen molar-refractivity contribution in [3.8, 4) is 0 Å². The summed E-state index contributed by atoms with van der Waals surface area (Å²) in [6.45, 7) is 3.66. The number of rotatable bonds is 7. The summed E-state index contributed by atoms with van der Waals surface area (Å²) in [5.41, 5.74) is 0.489. The van der Waals surface area contributed by atoms with E-state index in [9.17, 15) is 18.9 Å². The molecule has 20 heavy (non-hydrogen) atoms. The number of amides is 1. The van der Waals surface area contributed by atoms with Gasteiger partial charge in [0.25, 0.3) is 0 Å². The predicted octanol–water partition coefficient (Wildman–Crippen LogP) is 1.48. The van der Waals surface area contributed by atoms with Crippen molar-refractivity contribution in [3.05, 3.63) is 35.9 Å². The lowest BCUT2D eigenvalue weighted by molar-refractivity contribution is -0.136. The molecule has 0 aliphatic carbocycles. The Balaban J connectivity index is 2.67. The zero-order valence-corrected chi connectivity index (χ0v) is 12.4. The average molecular weight is 297 g/mol. The number of hydrogen-bond donors (Lipinski definition) is 2. The molecule has 110 valence electrons. The van der Waals surface area contributed by atoms with Gasteiger partial charge in [0, 0.05) is 29.0 Å². The first-order chi connectivity index (χ1) is 9.41. The normalized spacial score (nSPS) is 13.8. The molecule has 0 saturated carbocycles. The molecule has 0 aromatic heterocycles. The monoisotopic (exact) mass is 297 g/mol. The van der Waals surface area contributed by atoms with Crippen LogP contribution in [0, 0.1) is 0 Å². The van der Waals surface area contributed by atoms with Crippen molar-refractivity contribution in [1.29, 1.82) is 0 Å². The third-order valence-corrected chi connectivity index (χ3v) is 4.18. The van der Waals surface area contributed by atoms with Gasteiger partial charge in [-0.1, -0.05) is 30.3 Å². The maximum Gasteiger partial charge on any atom is 0.323 e. The summed E-state index contributed by atoms with van der Waals surface area (Å²) in [5.74, 6) is -1.32. The molecule has 2 N–H and O–H groups in total. The van der Waals surface area contributed by atoms with Gasteiger partial charge < -0.3 is 10.4 Å². The smallest absolute Gasteiger partial charge is 0.323 e. The standard InChI is InChI=1S/C14H19NO4S/c1-10(2)15-12(16)8-9-20(19)13(14(17)18)11-6-4-3-5-7-11/h3-7,10,13H,8-9H2,1-2H3,(H,15,16)(H,17,18). The first-order valence-electron chi connectivity index (χ1n) is 6.36. The average Bonchev–Trinajstić information content (AvgIpc) is 2.36. The Morgan fingerprint density at radius 3 is 2.35 bits per heavy atom. The Kier molecular flexibility index (Phi) is 6.38. The molecular weight excluding hydrogens is 278 g/mol. The number of carbonyl (C=O) groups excluding carboxylic acids is 1. The Morgan fingerprint density at radius 1 is 1.25 bits per heavy atom. The molecule has 5 nitrogen and oxygen atoms in total. The minimum Gasteiger partial charge on any atom is -0.480 e. The molecule has 0 aliphatic heterocycles. The molecule has 0 radical (unpaired) electrons. The molecular formula is C14H19NO4S. The van der Waals surface area contributed by atoms with E-state index in [1.807, 2.05) is 13.8 Å². The minimum absolute atomic E-state index is 0.0142. The second kappa shape index (κ2) is 7.79. The third kappa shape index (κ3) is 5.13. The number of hydrogen-bond acceptors (Lipinski definition) is 3. The van der Waals surface area contributed by atoms with E-state index in [0.717, 1.165) is 0 Å². The first-order valence-corrected chi connectivity index (χ1v) is 7.74. The van der Waals surface area contributed by atoms with Crippen LogP contribution in [0.2, 0.25) is 0 Å². The molecule has 0 saturated heterocycles. The first kappa shape index (κ1) is 16.4. The molecule has 0 heterocycles. The van der Waals surface area contributed by atoms with Crippen molar-refractivity contribution in [3.63, 3.8) is 0 Å². The summed E-state index contributed by atoms with van der Waals surface area (Å²) in [4.78, 5) is 22.8. The number of carboxylic acid groups (broad SMARTS) is 1. The fraction of sp³-hybridized carbons (Fsp3) is 0.429. The van der Waals surface area contributed by atoms with Gasteiger partial charge in [0.15, 0.2) is 5.25 Å². The van der Waals surface area contributed by atoms with Gasteiger partial charge in [-0.3, -0.25) is 13.8 Å². The van der Waals surface area contributed by atoms with Gasteiger partial charge in [-0.15, -0.1) is 0 Å². The Labute approximate surface area is 120 Å². The highest BCUT2D eigenvalue weighted by Gasteiger charge is 2.26.